The van der Waals surface area contributed by atoms with Gasteiger partial charge in [-0.2, -0.15) is 0 Å². The maximum atomic E-state index is 14.6. The summed E-state index contributed by atoms with van der Waals surface area (Å²) in [4.78, 5) is 21.3. The zero-order valence-corrected chi connectivity index (χ0v) is 19.5. The lowest BCUT2D eigenvalue weighted by molar-refractivity contribution is 0.0966. The molecule has 0 bridgehead atoms. The Kier molecular flexibility index (Phi) is 4.85. The maximum absolute atomic E-state index is 14.6. The molecule has 4 aromatic carbocycles. The second kappa shape index (κ2) is 8.07. The summed E-state index contributed by atoms with van der Waals surface area (Å²) in [7, 11) is 0. The number of para-hydroxylation sites is 1. The van der Waals surface area contributed by atoms with Crippen LogP contribution in [0.25, 0.3) is 16.5 Å². The molecule has 2 heterocycles. The molecule has 0 saturated heterocycles. The number of anilines is 1. The predicted octanol–water partition coefficient (Wildman–Crippen LogP) is 7.16. The van der Waals surface area contributed by atoms with Gasteiger partial charge >= 0.3 is 0 Å². The molecule has 1 amide bonds. The Bertz CT molecular complexity index is 1540. The molecule has 0 spiro atoms. The summed E-state index contributed by atoms with van der Waals surface area (Å²) in [5, 5.41) is 0.981. The van der Waals surface area contributed by atoms with E-state index in [1.807, 2.05) is 96.8 Å². The van der Waals surface area contributed by atoms with Crippen LogP contribution >= 0.6 is 0 Å². The molecule has 1 aromatic heterocycles. The number of fused-ring (bicyclic) bond motifs is 2. The zero-order valence-electron chi connectivity index (χ0n) is 19.5. The average molecular weight is 453 g/mol. The van der Waals surface area contributed by atoms with Gasteiger partial charge in [0.15, 0.2) is 0 Å². The molecule has 0 saturated carbocycles. The average Bonchev–Trinajstić information content (AvgIpc) is 2.91. The van der Waals surface area contributed by atoms with Gasteiger partial charge in [-0.1, -0.05) is 104 Å². The van der Waals surface area contributed by atoms with Gasteiger partial charge in [0.2, 0.25) is 0 Å². The molecule has 1 aliphatic rings. The summed E-state index contributed by atoms with van der Waals surface area (Å²) in [6.07, 6.45) is 1.78. The van der Waals surface area contributed by atoms with Crippen LogP contribution in [0.1, 0.15) is 32.6 Å². The van der Waals surface area contributed by atoms with Crippen LogP contribution < -0.4 is 4.90 Å². The van der Waals surface area contributed by atoms with Crippen molar-refractivity contribution < 1.29 is 4.79 Å². The van der Waals surface area contributed by atoms with Gasteiger partial charge in [0.1, 0.15) is 5.54 Å². The van der Waals surface area contributed by atoms with E-state index in [-0.39, 0.29) is 5.91 Å². The topological polar surface area (TPSA) is 33.2 Å². The number of hydrogen-bond acceptors (Lipinski definition) is 2. The number of rotatable bonds is 3. The van der Waals surface area contributed by atoms with Gasteiger partial charge in [0, 0.05) is 11.6 Å². The number of carbonyl (C=O) groups is 1. The number of nitrogens with zero attached hydrogens (tertiary/aromatic N) is 2. The molecule has 3 nitrogen and oxygen atoms in total. The third-order valence-corrected chi connectivity index (χ3v) is 7.02. The highest BCUT2D eigenvalue weighted by Crippen LogP contribution is 2.53. The fourth-order valence-electron chi connectivity index (χ4n) is 5.49. The van der Waals surface area contributed by atoms with Crippen molar-refractivity contribution in [1.82, 2.24) is 4.98 Å². The van der Waals surface area contributed by atoms with Crippen molar-refractivity contribution in [2.75, 3.05) is 4.90 Å². The summed E-state index contributed by atoms with van der Waals surface area (Å²) in [6, 6.07) is 36.4. The summed E-state index contributed by atoms with van der Waals surface area (Å²) in [6.45, 7) is 6.67. The lowest BCUT2D eigenvalue weighted by Gasteiger charge is -2.50. The zero-order chi connectivity index (χ0) is 24.0. The Morgan fingerprint density at radius 3 is 2.06 bits per heavy atom. The lowest BCUT2D eigenvalue weighted by atomic mass is 9.69. The van der Waals surface area contributed by atoms with Crippen molar-refractivity contribution in [3.63, 3.8) is 0 Å². The molecule has 0 N–H and O–H groups in total. The Labute approximate surface area is 205 Å². The largest absolute Gasteiger partial charge is 0.288 e. The number of aryl methyl sites for hydroxylation is 1. The fourth-order valence-corrected chi connectivity index (χ4v) is 5.49. The molecule has 6 rings (SSSR count). The summed E-state index contributed by atoms with van der Waals surface area (Å²) in [5.41, 5.74) is 5.91. The first-order chi connectivity index (χ1) is 17.1. The van der Waals surface area contributed by atoms with E-state index in [2.05, 4.69) is 30.8 Å². The van der Waals surface area contributed by atoms with Crippen molar-refractivity contribution in [2.45, 2.75) is 12.5 Å². The van der Waals surface area contributed by atoms with Gasteiger partial charge in [0.25, 0.3) is 5.91 Å². The molecule has 0 atom stereocenters. The highest BCUT2D eigenvalue weighted by molar-refractivity contribution is 6.19. The van der Waals surface area contributed by atoms with Crippen LogP contribution in [0.15, 0.2) is 122 Å². The molecular weight excluding hydrogens is 428 g/mol. The molecule has 0 fully saturated rings. The maximum Gasteiger partial charge on any atom is 0.260 e. The van der Waals surface area contributed by atoms with Gasteiger partial charge in [-0.25, -0.2) is 0 Å². The van der Waals surface area contributed by atoms with Crippen molar-refractivity contribution >= 4 is 28.1 Å². The summed E-state index contributed by atoms with van der Waals surface area (Å²) in [5.74, 6) is -0.0589. The second-order valence-electron chi connectivity index (χ2n) is 8.91. The molecule has 168 valence electrons. The van der Waals surface area contributed by atoms with E-state index < -0.39 is 5.54 Å². The van der Waals surface area contributed by atoms with E-state index in [1.54, 1.807) is 6.20 Å². The molecule has 0 aliphatic carbocycles. The Morgan fingerprint density at radius 2 is 1.37 bits per heavy atom. The highest BCUT2D eigenvalue weighted by Gasteiger charge is 2.51. The molecule has 3 heteroatoms. The van der Waals surface area contributed by atoms with E-state index in [1.165, 1.54) is 0 Å². The van der Waals surface area contributed by atoms with E-state index in [0.717, 1.165) is 44.4 Å². The number of hydrogen-bond donors (Lipinski definition) is 0. The van der Waals surface area contributed by atoms with E-state index in [0.29, 0.717) is 5.56 Å². The normalized spacial score (nSPS) is 14.7. The van der Waals surface area contributed by atoms with Gasteiger partial charge in [-0.3, -0.25) is 14.7 Å². The lowest BCUT2D eigenvalue weighted by Crippen LogP contribution is -2.54. The minimum atomic E-state index is -0.952. The van der Waals surface area contributed by atoms with Crippen molar-refractivity contribution in [3.8, 4) is 0 Å². The van der Waals surface area contributed by atoms with Crippen molar-refractivity contribution in [2.24, 2.45) is 0 Å². The van der Waals surface area contributed by atoms with Crippen LogP contribution in [-0.2, 0) is 5.54 Å². The van der Waals surface area contributed by atoms with Crippen molar-refractivity contribution in [3.05, 3.63) is 150 Å². The quantitative estimate of drug-likeness (QED) is 0.291. The van der Waals surface area contributed by atoms with Crippen LogP contribution in [0.4, 0.5) is 5.69 Å². The number of amides is 1. The Balaban J connectivity index is 1.81. The molecule has 0 radical (unpaired) electrons. The third-order valence-electron chi connectivity index (χ3n) is 7.02. The monoisotopic (exact) mass is 452 g/mol. The second-order valence-corrected chi connectivity index (χ2v) is 8.91. The number of benzene rings is 4. The standard InChI is InChI=1S/C32H24N2O/c1-22-12-9-19-27-23(2)32(25-15-5-3-6-16-25,26-17-7-4-8-18-26)34(31(35)29(22)27)28-20-10-13-24-14-11-21-33-30(24)28/h3-21H,2H2,1H3. The molecule has 1 aliphatic heterocycles. The highest BCUT2D eigenvalue weighted by atomic mass is 16.2. The minimum absolute atomic E-state index is 0.0589. The van der Waals surface area contributed by atoms with Gasteiger partial charge in [-0.05, 0) is 46.9 Å². The summed E-state index contributed by atoms with van der Waals surface area (Å²) < 4.78 is 0. The Hall–Kier alpha value is -4.50. The van der Waals surface area contributed by atoms with Crippen LogP contribution in [-0.4, -0.2) is 10.9 Å². The molecule has 35 heavy (non-hydrogen) atoms. The number of pyridine rings is 1. The fraction of sp³-hybridized carbons (Fsp3) is 0.0625. The van der Waals surface area contributed by atoms with Crippen molar-refractivity contribution in [1.29, 1.82) is 0 Å². The molecule has 5 aromatic rings. The first-order valence-electron chi connectivity index (χ1n) is 11.7. The summed E-state index contributed by atoms with van der Waals surface area (Å²) >= 11 is 0. The number of aromatic nitrogens is 1. The van der Waals surface area contributed by atoms with Crippen LogP contribution in [0.5, 0.6) is 0 Å². The van der Waals surface area contributed by atoms with E-state index in [4.69, 9.17) is 4.98 Å². The predicted molar refractivity (Wildman–Crippen MR) is 142 cm³/mol. The SMILES string of the molecule is C=C1c2cccc(C)c2C(=O)N(c2cccc3cccnc23)C1(c1ccccc1)c1ccccc1. The van der Waals surface area contributed by atoms with Crippen LogP contribution in [0.2, 0.25) is 0 Å². The number of carbonyl (C=O) groups excluding carboxylic acids is 1. The van der Waals surface area contributed by atoms with E-state index >= 15 is 0 Å². The van der Waals surface area contributed by atoms with Crippen LogP contribution in [0, 0.1) is 6.92 Å². The minimum Gasteiger partial charge on any atom is -0.288 e. The molecular formula is C32H24N2O. The van der Waals surface area contributed by atoms with Gasteiger partial charge in [-0.15, -0.1) is 0 Å². The van der Waals surface area contributed by atoms with Crippen LogP contribution in [0.3, 0.4) is 0 Å². The van der Waals surface area contributed by atoms with Gasteiger partial charge < -0.3 is 0 Å². The van der Waals surface area contributed by atoms with E-state index in [9.17, 15) is 4.79 Å². The first kappa shape index (κ1) is 21.1. The molecule has 0 unspecified atom stereocenters. The third kappa shape index (κ3) is 2.98. The smallest absolute Gasteiger partial charge is 0.260 e. The Morgan fingerprint density at radius 1 is 0.743 bits per heavy atom. The van der Waals surface area contributed by atoms with Gasteiger partial charge in [0.05, 0.1) is 16.8 Å². The first-order valence-corrected chi connectivity index (χ1v) is 11.7.